The summed E-state index contributed by atoms with van der Waals surface area (Å²) < 4.78 is 32.2. The van der Waals surface area contributed by atoms with Crippen LogP contribution < -0.4 is 18.9 Å². The zero-order valence-corrected chi connectivity index (χ0v) is 36.3. The van der Waals surface area contributed by atoms with Crippen molar-refractivity contribution in [3.8, 4) is 28.7 Å². The van der Waals surface area contributed by atoms with Gasteiger partial charge in [-0.05, 0) is 116 Å². The van der Waals surface area contributed by atoms with E-state index in [9.17, 15) is 15.0 Å². The summed E-state index contributed by atoms with van der Waals surface area (Å²) in [5.74, 6) is 1.02. The van der Waals surface area contributed by atoms with Gasteiger partial charge in [0.2, 0.25) is 12.6 Å². The number of benzene rings is 4. The lowest BCUT2D eigenvalue weighted by Gasteiger charge is -2.59. The van der Waals surface area contributed by atoms with Gasteiger partial charge in [0.05, 0.1) is 18.2 Å². The van der Waals surface area contributed by atoms with Crippen LogP contribution in [0.1, 0.15) is 72.3 Å². The Morgan fingerprint density at radius 2 is 1.66 bits per heavy atom. The molecule has 4 aromatic carbocycles. The average molecular weight is 861 g/mol. The topological polar surface area (TPSA) is 129 Å². The van der Waals surface area contributed by atoms with Crippen LogP contribution in [0, 0.1) is 17.8 Å². The fraction of sp³-hybridized carbons (Fsp3) is 0.400. The number of carbonyl (C=O) groups excluding carboxylic acids is 1. The molecule has 326 valence electrons. The van der Waals surface area contributed by atoms with Gasteiger partial charge >= 0.3 is 0 Å². The molecule has 4 aliphatic rings. The van der Waals surface area contributed by atoms with Crippen LogP contribution in [0.3, 0.4) is 0 Å². The predicted octanol–water partition coefficient (Wildman–Crippen LogP) is 9.54. The summed E-state index contributed by atoms with van der Waals surface area (Å²) in [4.78, 5) is 23.9. The molecule has 1 amide bonds. The molecule has 0 aromatic heterocycles. The number of rotatable bonds is 19. The lowest BCUT2D eigenvalue weighted by atomic mass is 9.55. The Hall–Kier alpha value is -5.27. The van der Waals surface area contributed by atoms with Gasteiger partial charge in [0.25, 0.3) is 5.91 Å². The van der Waals surface area contributed by atoms with Crippen LogP contribution in [-0.2, 0) is 16.2 Å². The van der Waals surface area contributed by atoms with Crippen molar-refractivity contribution in [2.75, 3.05) is 39.9 Å². The first-order chi connectivity index (χ1) is 30.4. The van der Waals surface area contributed by atoms with Crippen LogP contribution in [0.2, 0.25) is 0 Å². The molecule has 1 saturated carbocycles. The summed E-state index contributed by atoms with van der Waals surface area (Å²) in [6.07, 6.45) is 11.0. The van der Waals surface area contributed by atoms with Crippen molar-refractivity contribution in [3.63, 3.8) is 0 Å². The summed E-state index contributed by atoms with van der Waals surface area (Å²) in [6.45, 7) is 4.77. The van der Waals surface area contributed by atoms with Gasteiger partial charge in [0, 0.05) is 48.6 Å². The number of nitrogens with zero attached hydrogens (tertiary/aromatic N) is 2. The SMILES string of the molecule is C=CCO[C@@]12Oc3ccc(Oc4ccc(SC)cc4)cc3[C@H]3[C@H](CCCCO)[C@@H](CCCCO)C=C(C(=NOCc4ccccc4)C[C@@H]1N(C)C(=O)c1ccc4c(c1)OCO4)[C@H]32. The van der Waals surface area contributed by atoms with E-state index in [4.69, 9.17) is 33.7 Å². The van der Waals surface area contributed by atoms with E-state index in [0.29, 0.717) is 41.4 Å². The second kappa shape index (κ2) is 19.8. The molecule has 62 heavy (non-hydrogen) atoms. The highest BCUT2D eigenvalue weighted by molar-refractivity contribution is 7.98. The highest BCUT2D eigenvalue weighted by Gasteiger charge is 2.65. The van der Waals surface area contributed by atoms with Crippen molar-refractivity contribution in [1.29, 1.82) is 0 Å². The van der Waals surface area contributed by atoms with E-state index in [-0.39, 0.29) is 63.3 Å². The molecule has 2 aliphatic heterocycles. The molecule has 4 aromatic rings. The number of allylic oxidation sites excluding steroid dienone is 1. The van der Waals surface area contributed by atoms with E-state index in [2.05, 4.69) is 18.7 Å². The molecule has 8 rings (SSSR count). The van der Waals surface area contributed by atoms with Crippen LogP contribution in [0.25, 0.3) is 0 Å². The number of ether oxygens (including phenoxy) is 5. The molecule has 12 heteroatoms. The zero-order chi connectivity index (χ0) is 43.1. The van der Waals surface area contributed by atoms with E-state index < -0.39 is 17.7 Å². The Balaban J connectivity index is 1.29. The van der Waals surface area contributed by atoms with Crippen LogP contribution in [0.15, 0.2) is 125 Å². The minimum Gasteiger partial charge on any atom is -0.459 e. The van der Waals surface area contributed by atoms with E-state index in [0.717, 1.165) is 58.7 Å². The number of oxime groups is 1. The zero-order valence-electron chi connectivity index (χ0n) is 35.4. The largest absolute Gasteiger partial charge is 0.459 e. The van der Waals surface area contributed by atoms with Crippen LogP contribution in [0.4, 0.5) is 0 Å². The van der Waals surface area contributed by atoms with E-state index in [1.165, 1.54) is 0 Å². The predicted molar refractivity (Wildman–Crippen MR) is 239 cm³/mol. The lowest BCUT2D eigenvalue weighted by molar-refractivity contribution is -0.252. The maximum Gasteiger partial charge on any atom is 0.254 e. The van der Waals surface area contributed by atoms with Gasteiger partial charge in [-0.25, -0.2) is 0 Å². The second-order valence-corrected chi connectivity index (χ2v) is 17.2. The fourth-order valence-electron chi connectivity index (χ4n) is 9.70. The van der Waals surface area contributed by atoms with Gasteiger partial charge < -0.3 is 43.6 Å². The molecule has 1 fully saturated rings. The van der Waals surface area contributed by atoms with Gasteiger partial charge in [0.1, 0.15) is 29.9 Å². The summed E-state index contributed by atoms with van der Waals surface area (Å²) in [6, 6.07) is 28.5. The molecule has 0 unspecified atom stereocenters. The highest BCUT2D eigenvalue weighted by atomic mass is 32.2. The summed E-state index contributed by atoms with van der Waals surface area (Å²) in [5, 5.41) is 24.8. The lowest BCUT2D eigenvalue weighted by Crippen LogP contribution is -2.69. The number of hydrogen-bond donors (Lipinski definition) is 2. The van der Waals surface area contributed by atoms with Crippen LogP contribution in [-0.4, -0.2) is 78.5 Å². The van der Waals surface area contributed by atoms with Gasteiger partial charge in [0.15, 0.2) is 11.5 Å². The van der Waals surface area contributed by atoms with Crippen molar-refractivity contribution in [2.45, 2.75) is 74.2 Å². The van der Waals surface area contributed by atoms with Crippen molar-refractivity contribution >= 4 is 23.4 Å². The molecule has 0 bridgehead atoms. The number of carbonyl (C=O) groups is 1. The van der Waals surface area contributed by atoms with Crippen molar-refractivity contribution < 1.29 is 43.5 Å². The number of aliphatic hydroxyl groups is 2. The molecular formula is C50H56N2O9S. The molecule has 11 nitrogen and oxygen atoms in total. The van der Waals surface area contributed by atoms with Gasteiger partial charge in [-0.3, -0.25) is 4.79 Å². The third kappa shape index (κ3) is 8.97. The minimum absolute atomic E-state index is 0.0690. The Morgan fingerprint density at radius 3 is 2.42 bits per heavy atom. The first kappa shape index (κ1) is 43.4. The number of likely N-dealkylation sites (N-methyl/N-ethyl adjacent to an activating group) is 1. The van der Waals surface area contributed by atoms with Crippen LogP contribution in [0.5, 0.6) is 28.7 Å². The number of amides is 1. The van der Waals surface area contributed by atoms with Gasteiger partial charge in [-0.2, -0.15) is 0 Å². The van der Waals surface area contributed by atoms with Crippen molar-refractivity contribution in [3.05, 3.63) is 132 Å². The maximum absolute atomic E-state index is 14.8. The molecule has 0 radical (unpaired) electrons. The number of unbranched alkanes of at least 4 members (excludes halogenated alkanes) is 2. The van der Waals surface area contributed by atoms with Gasteiger partial charge in [-0.1, -0.05) is 60.5 Å². The molecule has 2 N–H and O–H groups in total. The number of thioether (sulfide) groups is 1. The average Bonchev–Trinajstić information content (AvgIpc) is 3.78. The first-order valence-electron chi connectivity index (χ1n) is 21.6. The number of hydrogen-bond acceptors (Lipinski definition) is 11. The van der Waals surface area contributed by atoms with E-state index >= 15 is 0 Å². The third-order valence-electron chi connectivity index (χ3n) is 12.6. The monoisotopic (exact) mass is 860 g/mol. The first-order valence-corrected chi connectivity index (χ1v) is 22.8. The molecule has 2 heterocycles. The van der Waals surface area contributed by atoms with Crippen molar-refractivity contribution in [2.24, 2.45) is 22.9 Å². The molecule has 6 atom stereocenters. The minimum atomic E-state index is -1.39. The normalized spacial score (nSPS) is 23.7. The fourth-order valence-corrected chi connectivity index (χ4v) is 10.1. The van der Waals surface area contributed by atoms with E-state index in [1.807, 2.05) is 73.0 Å². The molecular weight excluding hydrogens is 805 g/mol. The smallest absolute Gasteiger partial charge is 0.254 e. The Morgan fingerprint density at radius 1 is 0.919 bits per heavy atom. The Labute approximate surface area is 368 Å². The van der Waals surface area contributed by atoms with Crippen LogP contribution >= 0.6 is 11.8 Å². The standard InChI is InChI=1S/C50H56N2O9S/c1-4-26-58-50-46(52(2)49(55)35-16-22-44-45(28-35)57-32-56-44)30-42(51-59-31-33-12-6-5-7-13-33)40-27-34(14-8-10-24-53)39(15-9-11-25-54)47(48(40)50)41-29-37(19-23-43(41)61-50)60-36-17-20-38(62-3)21-18-36/h4-7,12-13,16-23,27-29,34,39,46-48,53-54H,1,8-11,14-15,24-26,30-32H2,2-3H3/t34-,39+,46-,47+,48+,50+/m0/s1. The third-order valence-corrected chi connectivity index (χ3v) is 13.3. The molecule has 0 saturated heterocycles. The number of fused-ring (bicyclic) bond motifs is 3. The summed E-state index contributed by atoms with van der Waals surface area (Å²) in [7, 11) is 1.79. The maximum atomic E-state index is 14.8. The Kier molecular flexibility index (Phi) is 13.9. The van der Waals surface area contributed by atoms with E-state index in [1.54, 1.807) is 48.0 Å². The highest BCUT2D eigenvalue weighted by Crippen LogP contribution is 2.62. The van der Waals surface area contributed by atoms with Gasteiger partial charge in [-0.15, -0.1) is 18.3 Å². The van der Waals surface area contributed by atoms with Crippen molar-refractivity contribution in [1.82, 2.24) is 4.90 Å². The molecule has 0 spiro atoms. The summed E-state index contributed by atoms with van der Waals surface area (Å²) in [5.41, 5.74) is 4.08. The second-order valence-electron chi connectivity index (χ2n) is 16.3. The summed E-state index contributed by atoms with van der Waals surface area (Å²) >= 11 is 1.68. The number of aliphatic hydroxyl groups excluding tert-OH is 2. The molecule has 2 aliphatic carbocycles. The Bertz CT molecular complexity index is 2250. The quantitative estimate of drug-likeness (QED) is 0.0407.